The highest BCUT2D eigenvalue weighted by molar-refractivity contribution is 7.92. The minimum absolute atomic E-state index is 0.0262. The molecule has 1 fully saturated rings. The second kappa shape index (κ2) is 6.00. The van der Waals surface area contributed by atoms with Crippen LogP contribution < -0.4 is 0 Å². The summed E-state index contributed by atoms with van der Waals surface area (Å²) in [6.07, 6.45) is 7.36. The summed E-state index contributed by atoms with van der Waals surface area (Å²) < 4.78 is 27.9. The maximum Gasteiger partial charge on any atom is 0.183 e. The first-order valence-electron chi connectivity index (χ1n) is 9.00. The molecular formula is C20H20N4O2S. The number of aryl methyl sites for hydroxylation is 1. The highest BCUT2D eigenvalue weighted by Gasteiger charge is 2.50. The molecule has 0 N–H and O–H groups in total. The lowest BCUT2D eigenvalue weighted by atomic mass is 9.95. The molecule has 7 heteroatoms. The van der Waals surface area contributed by atoms with Crippen molar-refractivity contribution in [3.8, 4) is 11.1 Å². The Hall–Kier alpha value is -2.51. The minimum atomic E-state index is -3.28. The number of fused-ring (bicyclic) bond motifs is 3. The molecule has 2 aliphatic rings. The highest BCUT2D eigenvalue weighted by Crippen LogP contribution is 2.46. The summed E-state index contributed by atoms with van der Waals surface area (Å²) in [5.41, 5.74) is 4.09. The Balaban J connectivity index is 1.48. The van der Waals surface area contributed by atoms with Gasteiger partial charge in [0.15, 0.2) is 9.84 Å². The van der Waals surface area contributed by atoms with Crippen LogP contribution in [0.5, 0.6) is 0 Å². The molecule has 1 aromatic carbocycles. The summed E-state index contributed by atoms with van der Waals surface area (Å²) in [6.45, 7) is 2.05. The Kier molecular flexibility index (Phi) is 3.70. The van der Waals surface area contributed by atoms with Crippen molar-refractivity contribution in [3.63, 3.8) is 0 Å². The molecule has 0 spiro atoms. The third kappa shape index (κ3) is 2.69. The van der Waals surface area contributed by atoms with E-state index in [-0.39, 0.29) is 11.2 Å². The van der Waals surface area contributed by atoms with E-state index in [0.717, 1.165) is 35.3 Å². The maximum atomic E-state index is 13.1. The number of rotatable bonds is 3. The van der Waals surface area contributed by atoms with E-state index >= 15 is 0 Å². The fourth-order valence-electron chi connectivity index (χ4n) is 4.35. The van der Waals surface area contributed by atoms with Gasteiger partial charge in [-0.1, -0.05) is 12.1 Å². The first-order chi connectivity index (χ1) is 13.0. The van der Waals surface area contributed by atoms with Crippen LogP contribution in [0.4, 0.5) is 0 Å². The van der Waals surface area contributed by atoms with Crippen molar-refractivity contribution in [2.75, 3.05) is 13.1 Å². The van der Waals surface area contributed by atoms with Gasteiger partial charge in [0.1, 0.15) is 0 Å². The predicted molar refractivity (Wildman–Crippen MR) is 102 cm³/mol. The number of sulfone groups is 1. The minimum Gasteiger partial charge on any atom is -0.297 e. The van der Waals surface area contributed by atoms with Crippen molar-refractivity contribution < 1.29 is 8.42 Å². The van der Waals surface area contributed by atoms with Gasteiger partial charge in [-0.2, -0.15) is 5.10 Å². The molecule has 2 aliphatic heterocycles. The Labute approximate surface area is 158 Å². The van der Waals surface area contributed by atoms with Gasteiger partial charge < -0.3 is 0 Å². The number of hydrogen-bond donors (Lipinski definition) is 0. The zero-order chi connectivity index (χ0) is 18.6. The molecule has 0 bridgehead atoms. The average molecular weight is 380 g/mol. The Morgan fingerprint density at radius 1 is 1.15 bits per heavy atom. The van der Waals surface area contributed by atoms with Gasteiger partial charge >= 0.3 is 0 Å². The molecule has 5 rings (SSSR count). The molecule has 27 heavy (non-hydrogen) atoms. The average Bonchev–Trinajstić information content (AvgIpc) is 3.33. The van der Waals surface area contributed by atoms with Crippen LogP contribution in [-0.4, -0.2) is 46.4 Å². The van der Waals surface area contributed by atoms with E-state index in [1.165, 1.54) is 0 Å². The summed E-state index contributed by atoms with van der Waals surface area (Å²) in [5.74, 6) is 0.0262. The fraction of sp³-hybridized carbons (Fsp3) is 0.300. The SMILES string of the molecule is Cn1cc(-c2ccc3c(c2)[C@H]2CN(Cc4cccnc4)C[C@H]2S3(=O)=O)cn1. The summed E-state index contributed by atoms with van der Waals surface area (Å²) in [6, 6.07) is 9.66. The second-order valence-electron chi connectivity index (χ2n) is 7.40. The van der Waals surface area contributed by atoms with Crippen molar-refractivity contribution in [1.29, 1.82) is 0 Å². The monoisotopic (exact) mass is 380 g/mol. The van der Waals surface area contributed by atoms with Crippen LogP contribution in [0.1, 0.15) is 17.0 Å². The van der Waals surface area contributed by atoms with E-state index in [2.05, 4.69) is 15.0 Å². The molecular weight excluding hydrogens is 360 g/mol. The van der Waals surface area contributed by atoms with Gasteiger partial charge in [0.05, 0.1) is 16.3 Å². The van der Waals surface area contributed by atoms with E-state index < -0.39 is 9.84 Å². The molecule has 0 unspecified atom stereocenters. The number of aromatic nitrogens is 3. The molecule has 1 saturated heterocycles. The van der Waals surface area contributed by atoms with E-state index in [1.54, 1.807) is 16.9 Å². The number of hydrogen-bond acceptors (Lipinski definition) is 5. The van der Waals surface area contributed by atoms with E-state index in [1.807, 2.05) is 49.9 Å². The lowest BCUT2D eigenvalue weighted by Crippen LogP contribution is -2.25. The fourth-order valence-corrected chi connectivity index (χ4v) is 6.55. The van der Waals surface area contributed by atoms with Gasteiger partial charge in [-0.15, -0.1) is 0 Å². The van der Waals surface area contributed by atoms with Crippen LogP contribution in [0.2, 0.25) is 0 Å². The number of likely N-dealkylation sites (tertiary alicyclic amines) is 1. The topological polar surface area (TPSA) is 68.1 Å². The smallest absolute Gasteiger partial charge is 0.183 e. The molecule has 0 amide bonds. The lowest BCUT2D eigenvalue weighted by Gasteiger charge is -2.17. The van der Waals surface area contributed by atoms with Crippen LogP contribution in [0.3, 0.4) is 0 Å². The number of benzene rings is 1. The number of nitrogens with zero attached hydrogens (tertiary/aromatic N) is 4. The largest absolute Gasteiger partial charge is 0.297 e. The van der Waals surface area contributed by atoms with Gasteiger partial charge in [-0.05, 0) is 34.9 Å². The molecule has 0 radical (unpaired) electrons. The van der Waals surface area contributed by atoms with Crippen LogP contribution in [0.25, 0.3) is 11.1 Å². The molecule has 0 aliphatic carbocycles. The third-order valence-corrected chi connectivity index (χ3v) is 7.88. The van der Waals surface area contributed by atoms with E-state index in [9.17, 15) is 8.42 Å². The first-order valence-corrected chi connectivity index (χ1v) is 10.5. The van der Waals surface area contributed by atoms with Gasteiger partial charge in [-0.3, -0.25) is 14.6 Å². The molecule has 4 heterocycles. The van der Waals surface area contributed by atoms with E-state index in [4.69, 9.17) is 0 Å². The van der Waals surface area contributed by atoms with Gasteiger partial charge in [-0.25, -0.2) is 8.42 Å². The normalized spacial score (nSPS) is 23.3. The zero-order valence-corrected chi connectivity index (χ0v) is 15.8. The van der Waals surface area contributed by atoms with Gasteiger partial charge in [0.2, 0.25) is 0 Å². The maximum absolute atomic E-state index is 13.1. The lowest BCUT2D eigenvalue weighted by molar-refractivity contribution is 0.325. The molecule has 0 saturated carbocycles. The molecule has 3 aromatic rings. The molecule has 138 valence electrons. The summed E-state index contributed by atoms with van der Waals surface area (Å²) in [7, 11) is -1.40. The predicted octanol–water partition coefficient (Wildman–Crippen LogP) is 2.24. The Morgan fingerprint density at radius 2 is 2.04 bits per heavy atom. The van der Waals surface area contributed by atoms with Crippen LogP contribution >= 0.6 is 0 Å². The van der Waals surface area contributed by atoms with Crippen LogP contribution in [0, 0.1) is 0 Å². The Bertz CT molecular complexity index is 1110. The third-order valence-electron chi connectivity index (χ3n) is 5.62. The van der Waals surface area contributed by atoms with Crippen LogP contribution in [-0.2, 0) is 23.4 Å². The number of pyridine rings is 1. The zero-order valence-electron chi connectivity index (χ0n) is 15.0. The summed E-state index contributed by atoms with van der Waals surface area (Å²) >= 11 is 0. The van der Waals surface area contributed by atoms with Gasteiger partial charge in [0.25, 0.3) is 0 Å². The molecule has 2 aromatic heterocycles. The van der Waals surface area contributed by atoms with E-state index in [0.29, 0.717) is 11.4 Å². The summed E-state index contributed by atoms with van der Waals surface area (Å²) in [4.78, 5) is 6.89. The van der Waals surface area contributed by atoms with Gasteiger partial charge in [0, 0.05) is 56.8 Å². The standard InChI is InChI=1S/C20H20N4O2S/c1-23-11-16(9-22-23)15-4-5-19-17(7-15)18-12-24(13-20(18)27(19,25)26)10-14-3-2-6-21-8-14/h2-9,11,18,20H,10,12-13H2,1H3/t18-,20-/m1/s1. The van der Waals surface area contributed by atoms with Crippen molar-refractivity contribution in [2.45, 2.75) is 22.6 Å². The highest BCUT2D eigenvalue weighted by atomic mass is 32.2. The quantitative estimate of drug-likeness (QED) is 0.697. The molecule has 2 atom stereocenters. The second-order valence-corrected chi connectivity index (χ2v) is 9.54. The first kappa shape index (κ1) is 16.6. The van der Waals surface area contributed by atoms with Crippen LogP contribution in [0.15, 0.2) is 60.0 Å². The summed E-state index contributed by atoms with van der Waals surface area (Å²) in [5, 5.41) is 3.87. The van der Waals surface area contributed by atoms with Crippen molar-refractivity contribution in [1.82, 2.24) is 19.7 Å². The van der Waals surface area contributed by atoms with Crippen molar-refractivity contribution in [2.24, 2.45) is 7.05 Å². The van der Waals surface area contributed by atoms with Crippen molar-refractivity contribution >= 4 is 9.84 Å². The Morgan fingerprint density at radius 3 is 2.78 bits per heavy atom. The van der Waals surface area contributed by atoms with Crippen molar-refractivity contribution in [3.05, 3.63) is 66.2 Å². The molecule has 6 nitrogen and oxygen atoms in total.